The number of halogens is 1. The van der Waals surface area contributed by atoms with Crippen molar-refractivity contribution in [3.63, 3.8) is 0 Å². The highest BCUT2D eigenvalue weighted by atomic mass is 127. The van der Waals surface area contributed by atoms with Gasteiger partial charge in [-0.25, -0.2) is 0 Å². The molecule has 1 atom stereocenters. The van der Waals surface area contributed by atoms with Crippen molar-refractivity contribution in [2.75, 3.05) is 58.9 Å². The third-order valence-electron chi connectivity index (χ3n) is 7.84. The Kier molecular flexibility index (Phi) is 12.0. The van der Waals surface area contributed by atoms with Crippen LogP contribution in [-0.2, 0) is 19.6 Å². The van der Waals surface area contributed by atoms with E-state index in [2.05, 4.69) is 125 Å². The van der Waals surface area contributed by atoms with Crippen molar-refractivity contribution in [1.82, 2.24) is 34.6 Å². The Hall–Kier alpha value is -2.83. The Morgan fingerprint density at radius 3 is 1.37 bits per heavy atom. The van der Waals surface area contributed by atoms with Crippen LogP contribution in [-0.4, -0.2) is 103 Å². The van der Waals surface area contributed by atoms with Gasteiger partial charge in [-0.2, -0.15) is 0 Å². The second-order valence-corrected chi connectivity index (χ2v) is 13.8. The van der Waals surface area contributed by atoms with Gasteiger partial charge in [0.1, 0.15) is 0 Å². The van der Waals surface area contributed by atoms with Gasteiger partial charge in [-0.15, -0.1) is 0 Å². The van der Waals surface area contributed by atoms with Crippen LogP contribution >= 0.6 is 22.6 Å². The SMILES string of the molecule is CC1(I)C=CC=C(CN2CCN(Cc3ccccn3)CCN(Cc3ccccn3)CCN(Cc3ccccn3)CC2)N=C1. The summed E-state index contributed by atoms with van der Waals surface area (Å²) >= 11 is 2.44. The lowest BCUT2D eigenvalue weighted by Gasteiger charge is -2.34. The molecule has 5 rings (SSSR count). The van der Waals surface area contributed by atoms with Crippen LogP contribution in [0.1, 0.15) is 24.0 Å². The summed E-state index contributed by atoms with van der Waals surface area (Å²) in [4.78, 5) is 29.1. The topological polar surface area (TPSA) is 64.0 Å². The largest absolute Gasteiger partial charge is 0.295 e. The van der Waals surface area contributed by atoms with E-state index in [0.717, 1.165) is 101 Å². The molecule has 5 heterocycles. The smallest absolute Gasteiger partial charge is 0.0727 e. The van der Waals surface area contributed by atoms with Crippen LogP contribution in [0.15, 0.2) is 102 Å². The Balaban J connectivity index is 1.35. The van der Waals surface area contributed by atoms with Gasteiger partial charge in [0, 0.05) is 103 Å². The number of pyridine rings is 3. The first-order chi connectivity index (χ1) is 21.0. The molecule has 1 fully saturated rings. The number of hydrogen-bond acceptors (Lipinski definition) is 8. The number of aromatic nitrogens is 3. The van der Waals surface area contributed by atoms with Gasteiger partial charge in [-0.3, -0.25) is 39.5 Å². The minimum Gasteiger partial charge on any atom is -0.295 e. The van der Waals surface area contributed by atoms with Gasteiger partial charge in [0.25, 0.3) is 0 Å². The van der Waals surface area contributed by atoms with Crippen molar-refractivity contribution in [2.45, 2.75) is 30.0 Å². The van der Waals surface area contributed by atoms with Gasteiger partial charge in [0.15, 0.2) is 0 Å². The van der Waals surface area contributed by atoms with Crippen LogP contribution in [0.5, 0.6) is 0 Å². The maximum atomic E-state index is 4.89. The quantitative estimate of drug-likeness (QED) is 0.251. The summed E-state index contributed by atoms with van der Waals surface area (Å²) < 4.78 is -0.0576. The van der Waals surface area contributed by atoms with Gasteiger partial charge in [-0.1, -0.05) is 52.9 Å². The number of rotatable bonds is 8. The van der Waals surface area contributed by atoms with Crippen molar-refractivity contribution in [3.8, 4) is 0 Å². The first-order valence-corrected chi connectivity index (χ1v) is 16.3. The highest BCUT2D eigenvalue weighted by Gasteiger charge is 2.20. The highest BCUT2D eigenvalue weighted by molar-refractivity contribution is 14.1. The maximum absolute atomic E-state index is 4.89. The van der Waals surface area contributed by atoms with Crippen LogP contribution in [0.3, 0.4) is 0 Å². The van der Waals surface area contributed by atoms with Gasteiger partial charge >= 0.3 is 0 Å². The third kappa shape index (κ3) is 11.0. The number of aliphatic imine (C=N–C) groups is 1. The molecule has 0 N–H and O–H groups in total. The summed E-state index contributed by atoms with van der Waals surface area (Å²) in [6.07, 6.45) is 14.3. The van der Waals surface area contributed by atoms with Gasteiger partial charge < -0.3 is 0 Å². The zero-order valence-corrected chi connectivity index (χ0v) is 27.3. The summed E-state index contributed by atoms with van der Waals surface area (Å²) in [6.45, 7) is 13.3. The first kappa shape index (κ1) is 31.6. The average molecular weight is 691 g/mol. The molecular formula is C34H43IN8. The fourth-order valence-electron chi connectivity index (χ4n) is 5.34. The normalized spacial score (nSPS) is 22.0. The number of allylic oxidation sites excluding steroid dienone is 3. The first-order valence-electron chi connectivity index (χ1n) is 15.2. The predicted octanol–water partition coefficient (Wildman–Crippen LogP) is 4.71. The van der Waals surface area contributed by atoms with Gasteiger partial charge in [0.05, 0.1) is 26.2 Å². The molecule has 8 nitrogen and oxygen atoms in total. The summed E-state index contributed by atoms with van der Waals surface area (Å²) in [6, 6.07) is 18.6. The zero-order chi connectivity index (χ0) is 29.7. The third-order valence-corrected chi connectivity index (χ3v) is 8.48. The lowest BCUT2D eigenvalue weighted by atomic mass is 10.2. The van der Waals surface area contributed by atoms with Crippen LogP contribution in [0, 0.1) is 0 Å². The second-order valence-electron chi connectivity index (χ2n) is 11.5. The van der Waals surface area contributed by atoms with Crippen LogP contribution in [0.4, 0.5) is 0 Å². The molecule has 0 amide bonds. The average Bonchev–Trinajstić information content (AvgIpc) is 3.19. The molecule has 1 unspecified atom stereocenters. The zero-order valence-electron chi connectivity index (χ0n) is 25.2. The second kappa shape index (κ2) is 16.3. The standard InChI is InChI=1S/C34H43IN8/c1-34(35)13-8-12-33(39-29-34)28-43-23-21-41(26-31-10-3-6-15-37-31)19-17-40(25-30-9-2-5-14-36-30)18-20-42(22-24-43)27-32-11-4-7-16-38-32/h2-16,29H,17-28H2,1H3. The van der Waals surface area contributed by atoms with Gasteiger partial charge in [-0.05, 0) is 49.4 Å². The summed E-state index contributed by atoms with van der Waals surface area (Å²) in [5.41, 5.74) is 4.45. The Morgan fingerprint density at radius 2 is 1.00 bits per heavy atom. The maximum Gasteiger partial charge on any atom is 0.0727 e. The molecule has 9 heteroatoms. The molecule has 0 saturated carbocycles. The number of alkyl halides is 1. The van der Waals surface area contributed by atoms with Gasteiger partial charge in [0.2, 0.25) is 0 Å². The molecule has 1 saturated heterocycles. The predicted molar refractivity (Wildman–Crippen MR) is 183 cm³/mol. The monoisotopic (exact) mass is 690 g/mol. The van der Waals surface area contributed by atoms with Crippen LogP contribution < -0.4 is 0 Å². The van der Waals surface area contributed by atoms with E-state index in [1.54, 1.807) is 0 Å². The van der Waals surface area contributed by atoms with E-state index in [4.69, 9.17) is 4.99 Å². The molecule has 0 radical (unpaired) electrons. The molecule has 0 bridgehead atoms. The van der Waals surface area contributed by atoms with Crippen LogP contribution in [0.2, 0.25) is 0 Å². The van der Waals surface area contributed by atoms with E-state index in [-0.39, 0.29) is 3.42 Å². The summed E-state index contributed by atoms with van der Waals surface area (Å²) in [5, 5.41) is 0. The van der Waals surface area contributed by atoms with Crippen molar-refractivity contribution in [3.05, 3.63) is 114 Å². The molecule has 3 aromatic heterocycles. The Bertz CT molecular complexity index is 1270. The van der Waals surface area contributed by atoms with Crippen LogP contribution in [0.25, 0.3) is 0 Å². The number of nitrogens with zero attached hydrogens (tertiary/aromatic N) is 8. The molecule has 3 aromatic rings. The molecule has 2 aliphatic heterocycles. The van der Waals surface area contributed by atoms with Crippen molar-refractivity contribution in [2.24, 2.45) is 4.99 Å². The van der Waals surface area contributed by atoms with Crippen molar-refractivity contribution < 1.29 is 0 Å². The minimum absolute atomic E-state index is 0.0576. The molecule has 0 aromatic carbocycles. The fraction of sp³-hybridized carbons (Fsp3) is 0.412. The minimum atomic E-state index is -0.0576. The number of hydrogen-bond donors (Lipinski definition) is 0. The highest BCUT2D eigenvalue weighted by Crippen LogP contribution is 2.21. The molecule has 226 valence electrons. The van der Waals surface area contributed by atoms with Crippen molar-refractivity contribution in [1.29, 1.82) is 0 Å². The molecule has 43 heavy (non-hydrogen) atoms. The lowest BCUT2D eigenvalue weighted by molar-refractivity contribution is 0.126. The summed E-state index contributed by atoms with van der Waals surface area (Å²) in [5.74, 6) is 0. The lowest BCUT2D eigenvalue weighted by Crippen LogP contribution is -2.46. The molecule has 2 aliphatic rings. The Labute approximate surface area is 270 Å². The fourth-order valence-corrected chi connectivity index (χ4v) is 5.69. The van der Waals surface area contributed by atoms with E-state index in [9.17, 15) is 0 Å². The van der Waals surface area contributed by atoms with E-state index in [0.29, 0.717) is 0 Å². The molecule has 0 spiro atoms. The summed E-state index contributed by atoms with van der Waals surface area (Å²) in [7, 11) is 0. The molecular weight excluding hydrogens is 647 g/mol. The van der Waals surface area contributed by atoms with E-state index in [1.807, 2.05) is 36.8 Å². The molecule has 0 aliphatic carbocycles. The van der Waals surface area contributed by atoms with E-state index in [1.165, 1.54) is 0 Å². The van der Waals surface area contributed by atoms with E-state index < -0.39 is 0 Å². The Morgan fingerprint density at radius 1 is 0.605 bits per heavy atom. The van der Waals surface area contributed by atoms with Crippen molar-refractivity contribution >= 4 is 28.8 Å². The van der Waals surface area contributed by atoms with E-state index >= 15 is 0 Å².